The molecule has 0 spiro atoms. The lowest BCUT2D eigenvalue weighted by atomic mass is 10.2. The van der Waals surface area contributed by atoms with Gasteiger partial charge in [-0.05, 0) is 30.2 Å². The van der Waals surface area contributed by atoms with E-state index in [2.05, 4.69) is 4.90 Å². The molecule has 0 unspecified atom stereocenters. The van der Waals surface area contributed by atoms with Crippen LogP contribution >= 0.6 is 0 Å². The average Bonchev–Trinajstić information content (AvgIpc) is 2.66. The molecule has 0 bridgehead atoms. The maximum absolute atomic E-state index is 10.4. The first-order chi connectivity index (χ1) is 8.75. The fourth-order valence-corrected chi connectivity index (χ4v) is 1.97. The summed E-state index contributed by atoms with van der Waals surface area (Å²) in [5, 5.41) is 8.56. The minimum atomic E-state index is -0.927. The van der Waals surface area contributed by atoms with Gasteiger partial charge in [0.15, 0.2) is 0 Å². The highest BCUT2D eigenvalue weighted by atomic mass is 16.5. The van der Waals surface area contributed by atoms with E-state index in [-0.39, 0.29) is 0 Å². The van der Waals surface area contributed by atoms with Crippen molar-refractivity contribution in [3.8, 4) is 0 Å². The largest absolute Gasteiger partial charge is 0.478 e. The van der Waals surface area contributed by atoms with Crippen molar-refractivity contribution in [2.24, 2.45) is 0 Å². The molecule has 0 radical (unpaired) electrons. The van der Waals surface area contributed by atoms with Crippen LogP contribution in [0.1, 0.15) is 12.0 Å². The average molecular weight is 247 g/mol. The molecular formula is C14H17NO3. The van der Waals surface area contributed by atoms with E-state index in [1.165, 1.54) is 0 Å². The Morgan fingerprint density at radius 2 is 2.00 bits per heavy atom. The van der Waals surface area contributed by atoms with Crippen LogP contribution in [0.3, 0.4) is 0 Å². The molecule has 1 aromatic rings. The van der Waals surface area contributed by atoms with Crippen molar-refractivity contribution in [3.63, 3.8) is 0 Å². The molecule has 1 aliphatic heterocycles. The van der Waals surface area contributed by atoms with Gasteiger partial charge < -0.3 is 14.7 Å². The predicted molar refractivity (Wildman–Crippen MR) is 70.8 cm³/mol. The summed E-state index contributed by atoms with van der Waals surface area (Å²) in [6, 6.07) is 7.90. The Labute approximate surface area is 106 Å². The normalized spacial score (nSPS) is 16.8. The summed E-state index contributed by atoms with van der Waals surface area (Å²) in [4.78, 5) is 12.7. The second-order valence-electron chi connectivity index (χ2n) is 4.22. The lowest BCUT2D eigenvalue weighted by Gasteiger charge is -2.21. The zero-order chi connectivity index (χ0) is 12.8. The Bertz CT molecular complexity index is 417. The summed E-state index contributed by atoms with van der Waals surface area (Å²) in [7, 11) is 0. The molecule has 1 fully saturated rings. The molecule has 1 aromatic carbocycles. The maximum atomic E-state index is 10.4. The Balaban J connectivity index is 2.04. The number of benzene rings is 1. The van der Waals surface area contributed by atoms with Crippen molar-refractivity contribution in [2.75, 3.05) is 31.2 Å². The van der Waals surface area contributed by atoms with Crippen LogP contribution in [-0.4, -0.2) is 37.4 Å². The van der Waals surface area contributed by atoms with Gasteiger partial charge in [-0.25, -0.2) is 4.79 Å². The van der Waals surface area contributed by atoms with Gasteiger partial charge in [-0.15, -0.1) is 0 Å². The fourth-order valence-electron chi connectivity index (χ4n) is 1.97. The first-order valence-electron chi connectivity index (χ1n) is 6.09. The summed E-state index contributed by atoms with van der Waals surface area (Å²) < 4.78 is 5.42. The first-order valence-corrected chi connectivity index (χ1v) is 6.09. The fraction of sp³-hybridized carbons (Fsp3) is 0.357. The summed E-state index contributed by atoms with van der Waals surface area (Å²) in [5.41, 5.74) is 2.06. The van der Waals surface area contributed by atoms with E-state index >= 15 is 0 Å². The van der Waals surface area contributed by atoms with Crippen LogP contribution in [0.25, 0.3) is 6.08 Å². The van der Waals surface area contributed by atoms with Crippen molar-refractivity contribution in [1.29, 1.82) is 0 Å². The summed E-state index contributed by atoms with van der Waals surface area (Å²) >= 11 is 0. The van der Waals surface area contributed by atoms with Crippen LogP contribution < -0.4 is 4.90 Å². The number of carboxylic acid groups (broad SMARTS) is 1. The minimum Gasteiger partial charge on any atom is -0.478 e. The molecule has 18 heavy (non-hydrogen) atoms. The Morgan fingerprint density at radius 1 is 1.22 bits per heavy atom. The van der Waals surface area contributed by atoms with Crippen molar-refractivity contribution in [3.05, 3.63) is 35.9 Å². The van der Waals surface area contributed by atoms with Gasteiger partial charge in [0.1, 0.15) is 0 Å². The van der Waals surface area contributed by atoms with Crippen LogP contribution in [0.5, 0.6) is 0 Å². The highest BCUT2D eigenvalue weighted by molar-refractivity contribution is 5.85. The number of hydrogen-bond donors (Lipinski definition) is 1. The topological polar surface area (TPSA) is 49.8 Å². The van der Waals surface area contributed by atoms with Crippen LogP contribution in [0.2, 0.25) is 0 Å². The second kappa shape index (κ2) is 6.21. The molecule has 4 nitrogen and oxygen atoms in total. The quantitative estimate of drug-likeness (QED) is 0.830. The molecule has 96 valence electrons. The van der Waals surface area contributed by atoms with Gasteiger partial charge in [-0.3, -0.25) is 0 Å². The SMILES string of the molecule is O=C(O)C=Cc1ccc(N2CCCOCC2)cc1. The van der Waals surface area contributed by atoms with E-state index in [0.717, 1.165) is 50.1 Å². The first kappa shape index (κ1) is 12.6. The molecule has 2 rings (SSSR count). The van der Waals surface area contributed by atoms with Crippen molar-refractivity contribution >= 4 is 17.7 Å². The number of aliphatic carboxylic acids is 1. The predicted octanol–water partition coefficient (Wildman–Crippen LogP) is 2.01. The van der Waals surface area contributed by atoms with E-state index < -0.39 is 5.97 Å². The number of anilines is 1. The summed E-state index contributed by atoms with van der Waals surface area (Å²) in [6.45, 7) is 3.51. The molecular weight excluding hydrogens is 230 g/mol. The van der Waals surface area contributed by atoms with E-state index in [1.54, 1.807) is 6.08 Å². The van der Waals surface area contributed by atoms with Crippen molar-refractivity contribution in [1.82, 2.24) is 0 Å². The summed E-state index contributed by atoms with van der Waals surface area (Å²) in [5.74, 6) is -0.927. The lowest BCUT2D eigenvalue weighted by Crippen LogP contribution is -2.25. The number of ether oxygens (including phenoxy) is 1. The summed E-state index contributed by atoms with van der Waals surface area (Å²) in [6.07, 6.45) is 3.78. The van der Waals surface area contributed by atoms with Crippen LogP contribution in [-0.2, 0) is 9.53 Å². The van der Waals surface area contributed by atoms with Crippen LogP contribution in [0.15, 0.2) is 30.3 Å². The third-order valence-electron chi connectivity index (χ3n) is 2.90. The maximum Gasteiger partial charge on any atom is 0.328 e. The number of carbonyl (C=O) groups is 1. The highest BCUT2D eigenvalue weighted by Gasteiger charge is 2.09. The smallest absolute Gasteiger partial charge is 0.328 e. The van der Waals surface area contributed by atoms with Gasteiger partial charge in [0.05, 0.1) is 6.61 Å². The highest BCUT2D eigenvalue weighted by Crippen LogP contribution is 2.17. The van der Waals surface area contributed by atoms with Crippen molar-refractivity contribution < 1.29 is 14.6 Å². The molecule has 1 N–H and O–H groups in total. The van der Waals surface area contributed by atoms with Gasteiger partial charge in [0.25, 0.3) is 0 Å². The van der Waals surface area contributed by atoms with Crippen molar-refractivity contribution in [2.45, 2.75) is 6.42 Å². The molecule has 1 heterocycles. The number of rotatable bonds is 3. The van der Waals surface area contributed by atoms with E-state index in [0.29, 0.717) is 0 Å². The number of nitrogens with zero attached hydrogens (tertiary/aromatic N) is 1. The monoisotopic (exact) mass is 247 g/mol. The standard InChI is InChI=1S/C14H17NO3/c16-14(17)7-4-12-2-5-13(6-3-12)15-8-1-10-18-11-9-15/h2-7H,1,8-11H2,(H,16,17). The van der Waals surface area contributed by atoms with Crippen LogP contribution in [0, 0.1) is 0 Å². The minimum absolute atomic E-state index is 0.765. The number of carboxylic acids is 1. The van der Waals surface area contributed by atoms with Gasteiger partial charge in [0, 0.05) is 31.5 Å². The van der Waals surface area contributed by atoms with Gasteiger partial charge >= 0.3 is 5.97 Å². The molecule has 0 aromatic heterocycles. The van der Waals surface area contributed by atoms with Gasteiger partial charge in [0.2, 0.25) is 0 Å². The van der Waals surface area contributed by atoms with E-state index in [4.69, 9.17) is 9.84 Å². The zero-order valence-electron chi connectivity index (χ0n) is 10.2. The zero-order valence-corrected chi connectivity index (χ0v) is 10.2. The molecule has 0 atom stereocenters. The second-order valence-corrected chi connectivity index (χ2v) is 4.22. The molecule has 1 aliphatic rings. The molecule has 1 saturated heterocycles. The van der Waals surface area contributed by atoms with E-state index in [9.17, 15) is 4.79 Å². The third-order valence-corrected chi connectivity index (χ3v) is 2.90. The molecule has 4 heteroatoms. The Morgan fingerprint density at radius 3 is 2.72 bits per heavy atom. The van der Waals surface area contributed by atoms with Gasteiger partial charge in [-0.2, -0.15) is 0 Å². The lowest BCUT2D eigenvalue weighted by molar-refractivity contribution is -0.131. The van der Waals surface area contributed by atoms with Crippen LogP contribution in [0.4, 0.5) is 5.69 Å². The Hall–Kier alpha value is -1.81. The molecule has 0 saturated carbocycles. The van der Waals surface area contributed by atoms with Gasteiger partial charge in [-0.1, -0.05) is 12.1 Å². The van der Waals surface area contributed by atoms with E-state index in [1.807, 2.05) is 24.3 Å². The Kier molecular flexibility index (Phi) is 4.36. The molecule has 0 amide bonds. The third kappa shape index (κ3) is 3.60. The molecule has 0 aliphatic carbocycles. The number of hydrogen-bond acceptors (Lipinski definition) is 3.